The summed E-state index contributed by atoms with van der Waals surface area (Å²) >= 11 is 0. The first-order chi connectivity index (χ1) is 11.2. The molecule has 0 aliphatic carbocycles. The van der Waals surface area contributed by atoms with Crippen LogP contribution in [0.25, 0.3) is 16.8 Å². The Morgan fingerprint density at radius 3 is 2.83 bits per heavy atom. The monoisotopic (exact) mass is 303 g/mol. The Hall–Kier alpha value is -2.94. The predicted octanol–water partition coefficient (Wildman–Crippen LogP) is 4.45. The third kappa shape index (κ3) is 3.14. The molecule has 3 heteroatoms. The Morgan fingerprint density at radius 1 is 1.17 bits per heavy atom. The molecule has 0 unspecified atom stereocenters. The van der Waals surface area contributed by atoms with E-state index >= 15 is 0 Å². The summed E-state index contributed by atoms with van der Waals surface area (Å²) in [5.41, 5.74) is 2.60. The highest BCUT2D eigenvalue weighted by atomic mass is 16.5. The summed E-state index contributed by atoms with van der Waals surface area (Å²) in [5, 5.41) is 2.14. The number of carbonyl (C=O) groups excluding carboxylic acids is 1. The van der Waals surface area contributed by atoms with Gasteiger partial charge in [-0.25, -0.2) is 0 Å². The highest BCUT2D eigenvalue weighted by Gasteiger charge is 2.05. The lowest BCUT2D eigenvalue weighted by atomic mass is 10.0. The summed E-state index contributed by atoms with van der Waals surface area (Å²) in [6, 6.07) is 13.4. The molecule has 2 aromatic carbocycles. The largest absolute Gasteiger partial charge is 0.496 e. The minimum Gasteiger partial charge on any atom is -0.496 e. The Kier molecular flexibility index (Phi) is 4.20. The number of allylic oxidation sites excluding steroid dienone is 1. The average molecular weight is 303 g/mol. The molecule has 0 N–H and O–H groups in total. The van der Waals surface area contributed by atoms with E-state index in [0.717, 1.165) is 27.6 Å². The van der Waals surface area contributed by atoms with Gasteiger partial charge in [0.1, 0.15) is 5.75 Å². The molecule has 0 atom stereocenters. The molecule has 0 bridgehead atoms. The van der Waals surface area contributed by atoms with Crippen LogP contribution in [0.2, 0.25) is 0 Å². The van der Waals surface area contributed by atoms with Crippen molar-refractivity contribution in [2.24, 2.45) is 0 Å². The van der Waals surface area contributed by atoms with E-state index in [1.807, 2.05) is 55.6 Å². The van der Waals surface area contributed by atoms with E-state index in [1.165, 1.54) is 0 Å². The number of hydrogen-bond donors (Lipinski definition) is 0. The molecule has 0 radical (unpaired) electrons. The number of fused-ring (bicyclic) bond motifs is 1. The van der Waals surface area contributed by atoms with Crippen molar-refractivity contribution in [1.82, 2.24) is 4.98 Å². The fourth-order valence-electron chi connectivity index (χ4n) is 2.59. The topological polar surface area (TPSA) is 39.2 Å². The van der Waals surface area contributed by atoms with Gasteiger partial charge in [-0.3, -0.25) is 9.78 Å². The maximum absolute atomic E-state index is 12.4. The number of carbonyl (C=O) groups is 1. The molecule has 0 aliphatic rings. The zero-order valence-electron chi connectivity index (χ0n) is 13.1. The SMILES string of the molecule is COc1ccc(C(=O)/C=C/c2cccc3cnccc23)cc1C. The summed E-state index contributed by atoms with van der Waals surface area (Å²) in [6.45, 7) is 1.93. The maximum atomic E-state index is 12.4. The highest BCUT2D eigenvalue weighted by molar-refractivity contribution is 6.08. The summed E-state index contributed by atoms with van der Waals surface area (Å²) in [6.07, 6.45) is 7.04. The van der Waals surface area contributed by atoms with Crippen molar-refractivity contribution < 1.29 is 9.53 Å². The van der Waals surface area contributed by atoms with Gasteiger partial charge in [0.25, 0.3) is 0 Å². The second kappa shape index (κ2) is 6.44. The van der Waals surface area contributed by atoms with Gasteiger partial charge >= 0.3 is 0 Å². The van der Waals surface area contributed by atoms with Crippen molar-refractivity contribution in [3.05, 3.63) is 77.6 Å². The van der Waals surface area contributed by atoms with Crippen LogP contribution in [0.5, 0.6) is 5.75 Å². The number of aryl methyl sites for hydroxylation is 1. The summed E-state index contributed by atoms with van der Waals surface area (Å²) in [4.78, 5) is 16.5. The normalized spacial score (nSPS) is 11.0. The third-order valence-electron chi connectivity index (χ3n) is 3.81. The number of methoxy groups -OCH3 is 1. The molecular weight excluding hydrogens is 286 g/mol. The standard InChI is InChI=1S/C20H17NO2/c1-14-12-16(7-9-20(14)23-2)19(22)8-6-15-4-3-5-17-13-21-11-10-18(15)17/h3-13H,1-2H3/b8-6+. The number of benzene rings is 2. The van der Waals surface area contributed by atoms with Gasteiger partial charge in [-0.2, -0.15) is 0 Å². The Balaban J connectivity index is 1.89. The van der Waals surface area contributed by atoms with Crippen LogP contribution < -0.4 is 4.74 Å². The van der Waals surface area contributed by atoms with Crippen LogP contribution in [-0.2, 0) is 0 Å². The van der Waals surface area contributed by atoms with E-state index in [4.69, 9.17) is 4.74 Å². The summed E-state index contributed by atoms with van der Waals surface area (Å²) in [7, 11) is 1.62. The van der Waals surface area contributed by atoms with E-state index in [9.17, 15) is 4.79 Å². The van der Waals surface area contributed by atoms with Crippen molar-refractivity contribution in [2.75, 3.05) is 7.11 Å². The fraction of sp³-hybridized carbons (Fsp3) is 0.100. The number of hydrogen-bond acceptors (Lipinski definition) is 3. The minimum absolute atomic E-state index is 0.0261. The van der Waals surface area contributed by atoms with Crippen molar-refractivity contribution in [3.8, 4) is 5.75 Å². The van der Waals surface area contributed by atoms with E-state index in [2.05, 4.69) is 4.98 Å². The van der Waals surface area contributed by atoms with Crippen LogP contribution in [0.1, 0.15) is 21.5 Å². The zero-order chi connectivity index (χ0) is 16.2. The van der Waals surface area contributed by atoms with Gasteiger partial charge in [0.15, 0.2) is 5.78 Å². The number of rotatable bonds is 4. The van der Waals surface area contributed by atoms with E-state index in [1.54, 1.807) is 25.4 Å². The Labute approximate surface area is 135 Å². The average Bonchev–Trinajstić information content (AvgIpc) is 2.59. The number of aromatic nitrogens is 1. The zero-order valence-corrected chi connectivity index (χ0v) is 13.1. The highest BCUT2D eigenvalue weighted by Crippen LogP contribution is 2.21. The van der Waals surface area contributed by atoms with Gasteiger partial charge in [0, 0.05) is 23.3 Å². The molecule has 1 aromatic heterocycles. The lowest BCUT2D eigenvalue weighted by Crippen LogP contribution is -1.96. The molecule has 114 valence electrons. The third-order valence-corrected chi connectivity index (χ3v) is 3.81. The second-order valence-corrected chi connectivity index (χ2v) is 5.33. The molecule has 1 heterocycles. The van der Waals surface area contributed by atoms with Crippen LogP contribution in [0.4, 0.5) is 0 Å². The molecule has 0 fully saturated rings. The minimum atomic E-state index is -0.0261. The van der Waals surface area contributed by atoms with E-state index < -0.39 is 0 Å². The van der Waals surface area contributed by atoms with Crippen LogP contribution in [0.3, 0.4) is 0 Å². The van der Waals surface area contributed by atoms with E-state index in [0.29, 0.717) is 5.56 Å². The molecule has 0 spiro atoms. The fourth-order valence-corrected chi connectivity index (χ4v) is 2.59. The molecular formula is C20H17NO2. The summed E-state index contributed by atoms with van der Waals surface area (Å²) in [5.74, 6) is 0.758. The van der Waals surface area contributed by atoms with Crippen molar-refractivity contribution in [2.45, 2.75) is 6.92 Å². The van der Waals surface area contributed by atoms with Gasteiger partial charge in [-0.15, -0.1) is 0 Å². The summed E-state index contributed by atoms with van der Waals surface area (Å²) < 4.78 is 5.22. The maximum Gasteiger partial charge on any atom is 0.185 e. The van der Waals surface area contributed by atoms with Gasteiger partial charge in [-0.05, 0) is 53.8 Å². The first-order valence-corrected chi connectivity index (χ1v) is 7.39. The Morgan fingerprint density at radius 2 is 2.04 bits per heavy atom. The molecule has 23 heavy (non-hydrogen) atoms. The molecule has 0 aliphatic heterocycles. The molecule has 3 aromatic rings. The van der Waals surface area contributed by atoms with Crippen LogP contribution in [-0.4, -0.2) is 17.9 Å². The number of nitrogens with zero attached hydrogens (tertiary/aromatic N) is 1. The molecule has 0 amide bonds. The lowest BCUT2D eigenvalue weighted by Gasteiger charge is -2.05. The van der Waals surface area contributed by atoms with E-state index in [-0.39, 0.29) is 5.78 Å². The molecule has 0 saturated heterocycles. The Bertz CT molecular complexity index is 892. The van der Waals surface area contributed by atoms with Crippen molar-refractivity contribution in [1.29, 1.82) is 0 Å². The van der Waals surface area contributed by atoms with Gasteiger partial charge < -0.3 is 4.74 Å². The molecule has 0 saturated carbocycles. The predicted molar refractivity (Wildman–Crippen MR) is 92.8 cm³/mol. The smallest absolute Gasteiger partial charge is 0.185 e. The van der Waals surface area contributed by atoms with Crippen molar-refractivity contribution >= 4 is 22.6 Å². The lowest BCUT2D eigenvalue weighted by molar-refractivity contribution is 0.104. The first kappa shape index (κ1) is 15.0. The van der Waals surface area contributed by atoms with Crippen LogP contribution >= 0.6 is 0 Å². The van der Waals surface area contributed by atoms with Crippen molar-refractivity contribution in [3.63, 3.8) is 0 Å². The number of ketones is 1. The second-order valence-electron chi connectivity index (χ2n) is 5.33. The molecule has 3 rings (SSSR count). The first-order valence-electron chi connectivity index (χ1n) is 7.39. The quantitative estimate of drug-likeness (QED) is 0.528. The van der Waals surface area contributed by atoms with Crippen LogP contribution in [0, 0.1) is 6.92 Å². The van der Waals surface area contributed by atoms with Gasteiger partial charge in [0.05, 0.1) is 7.11 Å². The van der Waals surface area contributed by atoms with Gasteiger partial charge in [-0.1, -0.05) is 24.3 Å². The number of pyridine rings is 1. The molecule has 3 nitrogen and oxygen atoms in total. The van der Waals surface area contributed by atoms with Crippen LogP contribution in [0.15, 0.2) is 60.9 Å². The van der Waals surface area contributed by atoms with Gasteiger partial charge in [0.2, 0.25) is 0 Å². The number of ether oxygens (including phenoxy) is 1.